The van der Waals surface area contributed by atoms with Gasteiger partial charge in [0.15, 0.2) is 0 Å². The van der Waals surface area contributed by atoms with E-state index in [1.807, 2.05) is 31.2 Å². The summed E-state index contributed by atoms with van der Waals surface area (Å²) in [6.07, 6.45) is 2.93. The number of benzene rings is 2. The van der Waals surface area contributed by atoms with Crippen molar-refractivity contribution < 1.29 is 14.3 Å². The summed E-state index contributed by atoms with van der Waals surface area (Å²) in [6.45, 7) is 2.02. The molecule has 0 spiro atoms. The molecule has 7 nitrogen and oxygen atoms in total. The molecule has 0 aliphatic carbocycles. The molecule has 0 saturated heterocycles. The van der Waals surface area contributed by atoms with E-state index in [1.165, 1.54) is 25.1 Å². The predicted molar refractivity (Wildman–Crippen MR) is 104 cm³/mol. The number of carbonyl (C=O) groups excluding carboxylic acids is 1. The lowest BCUT2D eigenvalue weighted by molar-refractivity contribution is 0.102. The summed E-state index contributed by atoms with van der Waals surface area (Å²) in [5.41, 5.74) is 2.75. The van der Waals surface area contributed by atoms with Crippen LogP contribution in [0.15, 0.2) is 54.9 Å². The molecule has 0 fully saturated rings. The fourth-order valence-electron chi connectivity index (χ4n) is 2.39. The Labute approximate surface area is 157 Å². The molecule has 0 unspecified atom stereocenters. The van der Waals surface area contributed by atoms with E-state index in [4.69, 9.17) is 9.47 Å². The van der Waals surface area contributed by atoms with Crippen LogP contribution in [0.1, 0.15) is 16.1 Å². The number of carbonyl (C=O) groups is 1. The Hall–Kier alpha value is -3.61. The zero-order valence-electron chi connectivity index (χ0n) is 15.3. The number of aryl methyl sites for hydroxylation is 1. The third-order valence-electron chi connectivity index (χ3n) is 3.86. The molecule has 7 heteroatoms. The van der Waals surface area contributed by atoms with Gasteiger partial charge in [0, 0.05) is 11.8 Å². The molecule has 0 saturated carbocycles. The molecule has 138 valence electrons. The highest BCUT2D eigenvalue weighted by atomic mass is 16.5. The van der Waals surface area contributed by atoms with Gasteiger partial charge in [0.25, 0.3) is 5.91 Å². The predicted octanol–water partition coefficient (Wildman–Crippen LogP) is 3.80. The molecule has 3 aromatic rings. The largest absolute Gasteiger partial charge is 0.497 e. The first kappa shape index (κ1) is 18.2. The number of aromatic nitrogens is 2. The molecule has 2 aromatic carbocycles. The van der Waals surface area contributed by atoms with Crippen LogP contribution in [0.4, 0.5) is 17.2 Å². The van der Waals surface area contributed by atoms with E-state index in [1.54, 1.807) is 25.3 Å². The second-order valence-corrected chi connectivity index (χ2v) is 5.80. The fourth-order valence-corrected chi connectivity index (χ4v) is 2.39. The van der Waals surface area contributed by atoms with E-state index < -0.39 is 5.91 Å². The van der Waals surface area contributed by atoms with E-state index in [0.717, 1.165) is 5.69 Å². The molecule has 1 heterocycles. The minimum absolute atomic E-state index is 0.189. The second-order valence-electron chi connectivity index (χ2n) is 5.80. The molecule has 0 aliphatic rings. The zero-order valence-corrected chi connectivity index (χ0v) is 15.3. The van der Waals surface area contributed by atoms with E-state index >= 15 is 0 Å². The summed E-state index contributed by atoms with van der Waals surface area (Å²) in [5.74, 6) is 1.29. The van der Waals surface area contributed by atoms with Gasteiger partial charge in [-0.1, -0.05) is 17.7 Å². The number of nitrogens with zero attached hydrogens (tertiary/aromatic N) is 2. The molecule has 1 amide bonds. The summed E-state index contributed by atoms with van der Waals surface area (Å²) in [5, 5.41) is 5.90. The minimum atomic E-state index is -0.393. The zero-order chi connectivity index (χ0) is 19.2. The maximum Gasteiger partial charge on any atom is 0.275 e. The monoisotopic (exact) mass is 364 g/mol. The van der Waals surface area contributed by atoms with Crippen molar-refractivity contribution >= 4 is 23.1 Å². The normalized spacial score (nSPS) is 10.2. The number of hydrogen-bond acceptors (Lipinski definition) is 6. The highest BCUT2D eigenvalue weighted by Gasteiger charge is 2.13. The van der Waals surface area contributed by atoms with Crippen LogP contribution in [0.2, 0.25) is 0 Å². The van der Waals surface area contributed by atoms with Gasteiger partial charge < -0.3 is 20.1 Å². The Morgan fingerprint density at radius 3 is 2.37 bits per heavy atom. The molecule has 2 N–H and O–H groups in total. The van der Waals surface area contributed by atoms with Gasteiger partial charge in [-0.3, -0.25) is 4.79 Å². The highest BCUT2D eigenvalue weighted by molar-refractivity contribution is 6.03. The number of anilines is 3. The number of ether oxygens (including phenoxy) is 2. The van der Waals surface area contributed by atoms with Crippen LogP contribution in [-0.4, -0.2) is 30.1 Å². The fraction of sp³-hybridized carbons (Fsp3) is 0.150. The Balaban J connectivity index is 1.71. The summed E-state index contributed by atoms with van der Waals surface area (Å²) in [7, 11) is 3.08. The van der Waals surface area contributed by atoms with Gasteiger partial charge in [0.2, 0.25) is 0 Å². The number of amides is 1. The van der Waals surface area contributed by atoms with Crippen molar-refractivity contribution in [2.24, 2.45) is 0 Å². The van der Waals surface area contributed by atoms with Crippen LogP contribution in [0.25, 0.3) is 0 Å². The van der Waals surface area contributed by atoms with Crippen LogP contribution in [0, 0.1) is 6.92 Å². The first-order valence-corrected chi connectivity index (χ1v) is 8.28. The average molecular weight is 364 g/mol. The van der Waals surface area contributed by atoms with Gasteiger partial charge in [-0.05, 0) is 31.2 Å². The van der Waals surface area contributed by atoms with Crippen molar-refractivity contribution in [1.82, 2.24) is 9.97 Å². The Morgan fingerprint density at radius 2 is 1.74 bits per heavy atom. The van der Waals surface area contributed by atoms with Crippen molar-refractivity contribution in [3.63, 3.8) is 0 Å². The third-order valence-corrected chi connectivity index (χ3v) is 3.86. The van der Waals surface area contributed by atoms with E-state index in [9.17, 15) is 4.79 Å². The lowest BCUT2D eigenvalue weighted by Gasteiger charge is -2.11. The summed E-state index contributed by atoms with van der Waals surface area (Å²) >= 11 is 0. The second kappa shape index (κ2) is 8.18. The van der Waals surface area contributed by atoms with Crippen molar-refractivity contribution in [3.8, 4) is 11.5 Å². The van der Waals surface area contributed by atoms with Crippen molar-refractivity contribution in [3.05, 3.63) is 66.1 Å². The van der Waals surface area contributed by atoms with Gasteiger partial charge in [-0.15, -0.1) is 0 Å². The molecule has 1 aromatic heterocycles. The number of rotatable bonds is 6. The first-order valence-electron chi connectivity index (χ1n) is 8.28. The van der Waals surface area contributed by atoms with Crippen LogP contribution < -0.4 is 20.1 Å². The molecule has 0 atom stereocenters. The van der Waals surface area contributed by atoms with E-state index in [2.05, 4.69) is 20.6 Å². The summed E-state index contributed by atoms with van der Waals surface area (Å²) < 4.78 is 10.4. The standard InChI is InChI=1S/C20H20N4O3/c1-13-4-6-14(7-5-13)23-19-12-21-17(11-22-19)20(25)24-16-10-15(26-2)8-9-18(16)27-3/h4-12H,1-3H3,(H,22,23)(H,24,25). The average Bonchev–Trinajstić information content (AvgIpc) is 2.70. The molecule has 0 radical (unpaired) electrons. The van der Waals surface area contributed by atoms with Crippen molar-refractivity contribution in [2.45, 2.75) is 6.92 Å². The van der Waals surface area contributed by atoms with Crippen molar-refractivity contribution in [2.75, 3.05) is 24.9 Å². The molecular formula is C20H20N4O3. The number of methoxy groups -OCH3 is 2. The smallest absolute Gasteiger partial charge is 0.275 e. The maximum atomic E-state index is 12.5. The lowest BCUT2D eigenvalue weighted by Crippen LogP contribution is -2.15. The molecule has 0 aliphatic heterocycles. The Kier molecular flexibility index (Phi) is 5.51. The van der Waals surface area contributed by atoms with Gasteiger partial charge >= 0.3 is 0 Å². The quantitative estimate of drug-likeness (QED) is 0.692. The summed E-state index contributed by atoms with van der Waals surface area (Å²) in [6, 6.07) is 13.0. The van der Waals surface area contributed by atoms with Gasteiger partial charge in [-0.25, -0.2) is 9.97 Å². The van der Waals surface area contributed by atoms with Gasteiger partial charge in [0.05, 0.1) is 32.3 Å². The van der Waals surface area contributed by atoms with Crippen LogP contribution in [0.5, 0.6) is 11.5 Å². The highest BCUT2D eigenvalue weighted by Crippen LogP contribution is 2.29. The van der Waals surface area contributed by atoms with E-state index in [-0.39, 0.29) is 5.69 Å². The van der Waals surface area contributed by atoms with Gasteiger partial charge in [-0.2, -0.15) is 0 Å². The Bertz CT molecular complexity index is 925. The first-order chi connectivity index (χ1) is 13.1. The Morgan fingerprint density at radius 1 is 0.963 bits per heavy atom. The molecule has 3 rings (SSSR count). The third kappa shape index (κ3) is 4.52. The topological polar surface area (TPSA) is 85.4 Å². The number of hydrogen-bond donors (Lipinski definition) is 2. The minimum Gasteiger partial charge on any atom is -0.497 e. The van der Waals surface area contributed by atoms with E-state index in [0.29, 0.717) is 23.0 Å². The maximum absolute atomic E-state index is 12.5. The van der Waals surface area contributed by atoms with Gasteiger partial charge in [0.1, 0.15) is 23.0 Å². The lowest BCUT2D eigenvalue weighted by atomic mass is 10.2. The molecular weight excluding hydrogens is 344 g/mol. The van der Waals surface area contributed by atoms with Crippen LogP contribution >= 0.6 is 0 Å². The SMILES string of the molecule is COc1ccc(OC)c(NC(=O)c2cnc(Nc3ccc(C)cc3)cn2)c1. The van der Waals surface area contributed by atoms with Crippen LogP contribution in [-0.2, 0) is 0 Å². The van der Waals surface area contributed by atoms with Crippen LogP contribution in [0.3, 0.4) is 0 Å². The summed E-state index contributed by atoms with van der Waals surface area (Å²) in [4.78, 5) is 20.9. The van der Waals surface area contributed by atoms with Crippen molar-refractivity contribution in [1.29, 1.82) is 0 Å². The molecule has 27 heavy (non-hydrogen) atoms. The molecule has 0 bridgehead atoms. The number of nitrogens with one attached hydrogen (secondary N) is 2.